The molecular formula is C12H15NO5. The van der Waals surface area contributed by atoms with E-state index in [0.717, 1.165) is 0 Å². The van der Waals surface area contributed by atoms with E-state index in [0.29, 0.717) is 13.0 Å². The molecule has 1 aliphatic rings. The van der Waals surface area contributed by atoms with E-state index in [1.54, 1.807) is 12.3 Å². The van der Waals surface area contributed by atoms with E-state index in [1.807, 2.05) is 0 Å². The van der Waals surface area contributed by atoms with Gasteiger partial charge in [-0.05, 0) is 18.6 Å². The third-order valence-corrected chi connectivity index (χ3v) is 3.03. The predicted octanol–water partition coefficient (Wildman–Crippen LogP) is -0.0428. The fourth-order valence-corrected chi connectivity index (χ4v) is 2.07. The molecule has 1 aromatic heterocycles. The molecule has 6 heteroatoms. The lowest BCUT2D eigenvalue weighted by atomic mass is 10.1. The Morgan fingerprint density at radius 1 is 1.61 bits per heavy atom. The van der Waals surface area contributed by atoms with Gasteiger partial charge in [0, 0.05) is 12.8 Å². The highest BCUT2D eigenvalue weighted by Gasteiger charge is 2.27. The summed E-state index contributed by atoms with van der Waals surface area (Å²) in [4.78, 5) is 23.6. The van der Waals surface area contributed by atoms with Crippen molar-refractivity contribution in [3.63, 3.8) is 0 Å². The van der Waals surface area contributed by atoms with Gasteiger partial charge in [-0.15, -0.1) is 0 Å². The number of aliphatic hydroxyl groups is 1. The summed E-state index contributed by atoms with van der Waals surface area (Å²) in [5, 5.41) is 9.83. The van der Waals surface area contributed by atoms with Gasteiger partial charge in [-0.2, -0.15) is 0 Å². The van der Waals surface area contributed by atoms with Crippen LogP contribution in [0.15, 0.2) is 23.1 Å². The van der Waals surface area contributed by atoms with Gasteiger partial charge in [0.15, 0.2) is 0 Å². The molecule has 6 nitrogen and oxygen atoms in total. The fraction of sp³-hybridized carbons (Fsp3) is 0.500. The number of esters is 1. The van der Waals surface area contributed by atoms with Gasteiger partial charge in [-0.1, -0.05) is 0 Å². The van der Waals surface area contributed by atoms with Crippen molar-refractivity contribution < 1.29 is 19.4 Å². The summed E-state index contributed by atoms with van der Waals surface area (Å²) in [5.41, 5.74) is -0.478. The predicted molar refractivity (Wildman–Crippen MR) is 62.5 cm³/mol. The number of carbonyl (C=O) groups is 1. The summed E-state index contributed by atoms with van der Waals surface area (Å²) in [6.45, 7) is 0.677. The molecule has 2 rings (SSSR count). The highest BCUT2D eigenvalue weighted by atomic mass is 16.5. The molecule has 0 saturated carbocycles. The Bertz CT molecular complexity index is 495. The van der Waals surface area contributed by atoms with Crippen molar-refractivity contribution >= 4 is 5.97 Å². The maximum Gasteiger partial charge on any atom is 0.343 e. The van der Waals surface area contributed by atoms with Gasteiger partial charge >= 0.3 is 5.97 Å². The van der Waals surface area contributed by atoms with Crippen molar-refractivity contribution in [1.29, 1.82) is 0 Å². The first-order valence-corrected chi connectivity index (χ1v) is 5.70. The number of aromatic nitrogens is 1. The molecule has 1 unspecified atom stereocenters. The standard InChI is InChI=1S/C12H15NO5/c1-17-12(16)8-3-2-5-13(11(8)15)9-4-6-18-7-10(9)14/h2-3,5,9-10,14H,4,6-7H2,1H3/t9?,10-/m1/s1. The molecule has 98 valence electrons. The summed E-state index contributed by atoms with van der Waals surface area (Å²) < 4.78 is 11.0. The second-order valence-corrected chi connectivity index (χ2v) is 4.12. The number of ether oxygens (including phenoxy) is 2. The molecular weight excluding hydrogens is 238 g/mol. The molecule has 18 heavy (non-hydrogen) atoms. The van der Waals surface area contributed by atoms with Crippen LogP contribution >= 0.6 is 0 Å². The number of methoxy groups -OCH3 is 1. The Morgan fingerprint density at radius 2 is 2.39 bits per heavy atom. The van der Waals surface area contributed by atoms with Crippen LogP contribution in [-0.4, -0.2) is 42.1 Å². The van der Waals surface area contributed by atoms with E-state index in [4.69, 9.17) is 4.74 Å². The molecule has 1 saturated heterocycles. The first-order chi connectivity index (χ1) is 8.65. The molecule has 0 aromatic carbocycles. The maximum absolute atomic E-state index is 12.1. The Balaban J connectivity index is 2.39. The van der Waals surface area contributed by atoms with Crippen LogP contribution in [0.3, 0.4) is 0 Å². The lowest BCUT2D eigenvalue weighted by Gasteiger charge is -2.29. The van der Waals surface area contributed by atoms with Crippen LogP contribution in [0.4, 0.5) is 0 Å². The Kier molecular flexibility index (Phi) is 3.78. The minimum atomic E-state index is -0.746. The van der Waals surface area contributed by atoms with Gasteiger partial charge in [0.05, 0.1) is 25.9 Å². The maximum atomic E-state index is 12.1. The van der Waals surface area contributed by atoms with Crippen LogP contribution in [0, 0.1) is 0 Å². The molecule has 0 radical (unpaired) electrons. The van der Waals surface area contributed by atoms with Crippen molar-refractivity contribution in [2.24, 2.45) is 0 Å². The average Bonchev–Trinajstić information content (AvgIpc) is 2.39. The van der Waals surface area contributed by atoms with E-state index in [1.165, 1.54) is 17.7 Å². The van der Waals surface area contributed by atoms with E-state index >= 15 is 0 Å². The molecule has 0 aliphatic carbocycles. The Labute approximate surface area is 104 Å². The van der Waals surface area contributed by atoms with E-state index in [9.17, 15) is 14.7 Å². The second kappa shape index (κ2) is 5.32. The van der Waals surface area contributed by atoms with E-state index in [-0.39, 0.29) is 18.2 Å². The molecule has 1 N–H and O–H groups in total. The molecule has 1 aromatic rings. The van der Waals surface area contributed by atoms with Gasteiger partial charge in [0.25, 0.3) is 5.56 Å². The van der Waals surface area contributed by atoms with Crippen LogP contribution in [-0.2, 0) is 9.47 Å². The quantitative estimate of drug-likeness (QED) is 0.748. The van der Waals surface area contributed by atoms with E-state index in [2.05, 4.69) is 4.74 Å². The van der Waals surface area contributed by atoms with Crippen molar-refractivity contribution in [3.05, 3.63) is 34.2 Å². The average molecular weight is 253 g/mol. The number of rotatable bonds is 2. The zero-order chi connectivity index (χ0) is 13.1. The topological polar surface area (TPSA) is 77.8 Å². The van der Waals surface area contributed by atoms with Crippen molar-refractivity contribution in [2.75, 3.05) is 20.3 Å². The van der Waals surface area contributed by atoms with Gasteiger partial charge in [0.2, 0.25) is 0 Å². The van der Waals surface area contributed by atoms with Crippen molar-refractivity contribution in [1.82, 2.24) is 4.57 Å². The minimum Gasteiger partial charge on any atom is -0.465 e. The summed E-state index contributed by atoms with van der Waals surface area (Å²) in [5.74, 6) is -0.670. The van der Waals surface area contributed by atoms with Gasteiger partial charge < -0.3 is 19.1 Å². The second-order valence-electron chi connectivity index (χ2n) is 4.12. The monoisotopic (exact) mass is 253 g/mol. The lowest BCUT2D eigenvalue weighted by molar-refractivity contribution is -0.0394. The smallest absolute Gasteiger partial charge is 0.343 e. The molecule has 2 heterocycles. The van der Waals surface area contributed by atoms with Gasteiger partial charge in [-0.25, -0.2) is 4.79 Å². The third-order valence-electron chi connectivity index (χ3n) is 3.03. The van der Waals surface area contributed by atoms with Crippen LogP contribution in [0.25, 0.3) is 0 Å². The molecule has 0 amide bonds. The zero-order valence-corrected chi connectivity index (χ0v) is 10.0. The minimum absolute atomic E-state index is 0.0290. The molecule has 0 spiro atoms. The van der Waals surface area contributed by atoms with E-state index < -0.39 is 17.6 Å². The summed E-state index contributed by atoms with van der Waals surface area (Å²) in [6.07, 6.45) is 1.35. The van der Waals surface area contributed by atoms with Gasteiger partial charge in [0.1, 0.15) is 5.56 Å². The van der Waals surface area contributed by atoms with Crippen LogP contribution in [0.1, 0.15) is 22.8 Å². The zero-order valence-electron chi connectivity index (χ0n) is 10.0. The summed E-state index contributed by atoms with van der Waals surface area (Å²) in [6, 6.07) is 2.64. The highest BCUT2D eigenvalue weighted by Crippen LogP contribution is 2.19. The first-order valence-electron chi connectivity index (χ1n) is 5.70. The normalized spacial score (nSPS) is 23.7. The van der Waals surface area contributed by atoms with Crippen LogP contribution in [0.5, 0.6) is 0 Å². The van der Waals surface area contributed by atoms with Crippen molar-refractivity contribution in [2.45, 2.75) is 18.6 Å². The number of carbonyl (C=O) groups excluding carboxylic acids is 1. The number of aliphatic hydroxyl groups excluding tert-OH is 1. The molecule has 2 atom stereocenters. The Morgan fingerprint density at radius 3 is 3.06 bits per heavy atom. The first kappa shape index (κ1) is 12.8. The number of nitrogens with zero attached hydrogens (tertiary/aromatic N) is 1. The fourth-order valence-electron chi connectivity index (χ4n) is 2.07. The SMILES string of the molecule is COC(=O)c1cccn(C2CCOC[C@H]2O)c1=O. The van der Waals surface area contributed by atoms with Crippen molar-refractivity contribution in [3.8, 4) is 0 Å². The number of pyridine rings is 1. The molecule has 1 aliphatic heterocycles. The largest absolute Gasteiger partial charge is 0.465 e. The molecule has 1 fully saturated rings. The van der Waals surface area contributed by atoms with Crippen LogP contribution in [0.2, 0.25) is 0 Å². The van der Waals surface area contributed by atoms with Crippen LogP contribution < -0.4 is 5.56 Å². The highest BCUT2D eigenvalue weighted by molar-refractivity contribution is 5.88. The Hall–Kier alpha value is -1.66. The summed E-state index contributed by atoms with van der Waals surface area (Å²) in [7, 11) is 1.22. The summed E-state index contributed by atoms with van der Waals surface area (Å²) >= 11 is 0. The third kappa shape index (κ3) is 2.30. The molecule has 0 bridgehead atoms. The van der Waals surface area contributed by atoms with Gasteiger partial charge in [-0.3, -0.25) is 4.79 Å². The number of hydrogen-bond acceptors (Lipinski definition) is 5. The number of hydrogen-bond donors (Lipinski definition) is 1. The lowest BCUT2D eigenvalue weighted by Crippen LogP contribution is -2.40.